The molecule has 0 spiro atoms. The van der Waals surface area contributed by atoms with Gasteiger partial charge in [-0.1, -0.05) is 35.3 Å². The van der Waals surface area contributed by atoms with Crippen molar-refractivity contribution in [3.63, 3.8) is 0 Å². The maximum Gasteiger partial charge on any atom is 0.251 e. The number of ether oxygens (including phenoxy) is 1. The van der Waals surface area contributed by atoms with Gasteiger partial charge in [-0.15, -0.1) is 0 Å². The third kappa shape index (κ3) is 5.03. The van der Waals surface area contributed by atoms with E-state index in [0.717, 1.165) is 5.56 Å². The molecule has 0 fully saturated rings. The van der Waals surface area contributed by atoms with E-state index in [1.807, 2.05) is 0 Å². The normalized spacial score (nSPS) is 10.5. The molecule has 7 heteroatoms. The van der Waals surface area contributed by atoms with Crippen LogP contribution in [0.2, 0.25) is 10.0 Å². The Balaban J connectivity index is 1.96. The lowest BCUT2D eigenvalue weighted by molar-refractivity contribution is 0.0951. The van der Waals surface area contributed by atoms with Crippen molar-refractivity contribution in [1.29, 1.82) is 0 Å². The van der Waals surface area contributed by atoms with Crippen LogP contribution in [0.3, 0.4) is 0 Å². The summed E-state index contributed by atoms with van der Waals surface area (Å²) in [7, 11) is 0. The first-order valence-electron chi connectivity index (χ1n) is 7.36. The summed E-state index contributed by atoms with van der Waals surface area (Å²) in [6, 6.07) is 10.1. The number of carbonyl (C=O) groups excluding carboxylic acids is 1. The van der Waals surface area contributed by atoms with Crippen molar-refractivity contribution in [2.45, 2.75) is 13.0 Å². The van der Waals surface area contributed by atoms with Gasteiger partial charge in [0, 0.05) is 23.7 Å². The van der Waals surface area contributed by atoms with Crippen LogP contribution in [0.25, 0.3) is 0 Å². The molecule has 0 aliphatic heterocycles. The van der Waals surface area contributed by atoms with Gasteiger partial charge in [0.05, 0.1) is 10.7 Å². The second-order valence-corrected chi connectivity index (χ2v) is 5.97. The Kier molecular flexibility index (Phi) is 6.73. The highest BCUT2D eigenvalue weighted by Crippen LogP contribution is 2.34. The van der Waals surface area contributed by atoms with Crippen LogP contribution in [-0.4, -0.2) is 24.2 Å². The lowest BCUT2D eigenvalue weighted by Gasteiger charge is -2.11. The number of nitrogen functional groups attached to an aromatic ring is 1. The number of halogens is 2. The molecule has 0 aromatic heterocycles. The van der Waals surface area contributed by atoms with Crippen LogP contribution in [0.15, 0.2) is 36.4 Å². The summed E-state index contributed by atoms with van der Waals surface area (Å²) in [5.41, 5.74) is 7.62. The molecule has 0 bridgehead atoms. The number of benzene rings is 2. The molecule has 24 heavy (non-hydrogen) atoms. The predicted molar refractivity (Wildman–Crippen MR) is 95.7 cm³/mol. The van der Waals surface area contributed by atoms with E-state index in [4.69, 9.17) is 38.8 Å². The van der Waals surface area contributed by atoms with E-state index in [2.05, 4.69) is 5.32 Å². The third-order valence-corrected chi connectivity index (χ3v) is 3.76. The maximum absolute atomic E-state index is 11.9. The first-order valence-corrected chi connectivity index (χ1v) is 8.12. The van der Waals surface area contributed by atoms with Crippen molar-refractivity contribution in [3.05, 3.63) is 57.6 Å². The fraction of sp³-hybridized carbons (Fsp3) is 0.235. The van der Waals surface area contributed by atoms with E-state index in [0.29, 0.717) is 40.0 Å². The molecular weight excluding hydrogens is 351 g/mol. The minimum Gasteiger partial charge on any atom is -0.485 e. The van der Waals surface area contributed by atoms with Gasteiger partial charge >= 0.3 is 0 Å². The van der Waals surface area contributed by atoms with E-state index in [9.17, 15) is 4.79 Å². The van der Waals surface area contributed by atoms with Crippen LogP contribution in [0.1, 0.15) is 22.3 Å². The van der Waals surface area contributed by atoms with Crippen molar-refractivity contribution in [3.8, 4) is 5.75 Å². The summed E-state index contributed by atoms with van der Waals surface area (Å²) in [6.07, 6.45) is 0.529. The van der Waals surface area contributed by atoms with Gasteiger partial charge in [0.1, 0.15) is 6.61 Å². The van der Waals surface area contributed by atoms with Gasteiger partial charge in [0.2, 0.25) is 0 Å². The van der Waals surface area contributed by atoms with Crippen molar-refractivity contribution >= 4 is 34.8 Å². The molecule has 5 nitrogen and oxygen atoms in total. The van der Waals surface area contributed by atoms with Crippen LogP contribution in [0.4, 0.5) is 5.69 Å². The van der Waals surface area contributed by atoms with Gasteiger partial charge in [-0.2, -0.15) is 0 Å². The number of carbonyl (C=O) groups is 1. The summed E-state index contributed by atoms with van der Waals surface area (Å²) >= 11 is 11.9. The molecule has 1 amide bonds. The molecule has 128 valence electrons. The Bertz CT molecular complexity index is 682. The number of anilines is 1. The molecule has 2 aromatic carbocycles. The van der Waals surface area contributed by atoms with Crippen molar-refractivity contribution in [2.24, 2.45) is 0 Å². The minimum atomic E-state index is -0.180. The van der Waals surface area contributed by atoms with Gasteiger partial charge in [-0.25, -0.2) is 0 Å². The minimum absolute atomic E-state index is 0.0486. The number of aliphatic hydroxyl groups excluding tert-OH is 1. The second-order valence-electron chi connectivity index (χ2n) is 5.12. The van der Waals surface area contributed by atoms with E-state index in [1.165, 1.54) is 0 Å². The predicted octanol–water partition coefficient (Wildman–Crippen LogP) is 3.27. The number of rotatable bonds is 7. The van der Waals surface area contributed by atoms with Gasteiger partial charge in [-0.05, 0) is 36.2 Å². The molecule has 0 atom stereocenters. The van der Waals surface area contributed by atoms with E-state index >= 15 is 0 Å². The van der Waals surface area contributed by atoms with Crippen LogP contribution in [-0.2, 0) is 6.61 Å². The van der Waals surface area contributed by atoms with E-state index in [-0.39, 0.29) is 19.1 Å². The second kappa shape index (κ2) is 8.78. The lowest BCUT2D eigenvalue weighted by Crippen LogP contribution is -2.24. The summed E-state index contributed by atoms with van der Waals surface area (Å²) in [5.74, 6) is 0.202. The van der Waals surface area contributed by atoms with Gasteiger partial charge in [0.15, 0.2) is 5.75 Å². The van der Waals surface area contributed by atoms with Crippen LogP contribution in [0.5, 0.6) is 5.75 Å². The molecule has 0 saturated heterocycles. The van der Waals surface area contributed by atoms with Crippen LogP contribution >= 0.6 is 23.2 Å². The smallest absolute Gasteiger partial charge is 0.251 e. The maximum atomic E-state index is 11.9. The van der Waals surface area contributed by atoms with Crippen molar-refractivity contribution in [1.82, 2.24) is 5.32 Å². The molecule has 4 N–H and O–H groups in total. The molecular formula is C17H18Cl2N2O3. The highest BCUT2D eigenvalue weighted by Gasteiger charge is 2.09. The number of hydrogen-bond donors (Lipinski definition) is 3. The highest BCUT2D eigenvalue weighted by atomic mass is 35.5. The third-order valence-electron chi connectivity index (χ3n) is 3.26. The summed E-state index contributed by atoms with van der Waals surface area (Å²) < 4.78 is 5.64. The summed E-state index contributed by atoms with van der Waals surface area (Å²) in [6.45, 7) is 0.749. The first kappa shape index (κ1) is 18.4. The zero-order valence-electron chi connectivity index (χ0n) is 12.9. The number of nitrogens with two attached hydrogens (primary N) is 1. The van der Waals surface area contributed by atoms with E-state index in [1.54, 1.807) is 36.4 Å². The Morgan fingerprint density at radius 1 is 1.21 bits per heavy atom. The molecule has 0 saturated carbocycles. The highest BCUT2D eigenvalue weighted by molar-refractivity contribution is 6.36. The van der Waals surface area contributed by atoms with Crippen molar-refractivity contribution < 1.29 is 14.6 Å². The molecule has 0 heterocycles. The average molecular weight is 369 g/mol. The average Bonchev–Trinajstić information content (AvgIpc) is 2.54. The molecule has 0 aliphatic rings. The van der Waals surface area contributed by atoms with Crippen molar-refractivity contribution in [2.75, 3.05) is 18.9 Å². The summed E-state index contributed by atoms with van der Waals surface area (Å²) in [4.78, 5) is 11.9. The fourth-order valence-corrected chi connectivity index (χ4v) is 2.59. The van der Waals surface area contributed by atoms with E-state index < -0.39 is 0 Å². The summed E-state index contributed by atoms with van der Waals surface area (Å²) in [5, 5.41) is 12.2. The Morgan fingerprint density at radius 2 is 1.92 bits per heavy atom. The largest absolute Gasteiger partial charge is 0.485 e. The molecule has 2 aromatic rings. The number of nitrogens with one attached hydrogen (secondary N) is 1. The first-order chi connectivity index (χ1) is 11.5. The number of aliphatic hydroxyl groups is 1. The molecule has 0 radical (unpaired) electrons. The fourth-order valence-electron chi connectivity index (χ4n) is 2.02. The van der Waals surface area contributed by atoms with Gasteiger partial charge in [-0.3, -0.25) is 4.79 Å². The topological polar surface area (TPSA) is 84.6 Å². The zero-order valence-corrected chi connectivity index (χ0v) is 14.4. The number of amides is 1. The number of hydrogen-bond acceptors (Lipinski definition) is 4. The SMILES string of the molecule is Nc1cc(Cl)cc(Cl)c1OCc1ccc(C(=O)NCCCO)cc1. The standard InChI is InChI=1S/C17H18Cl2N2O3/c18-13-8-14(19)16(15(20)9-13)24-10-11-2-4-12(5-3-11)17(23)21-6-1-7-22/h2-5,8-9,22H,1,6-7,10,20H2,(H,21,23). The Labute approximate surface area is 150 Å². The lowest BCUT2D eigenvalue weighted by atomic mass is 10.1. The molecule has 2 rings (SSSR count). The zero-order chi connectivity index (χ0) is 17.5. The van der Waals surface area contributed by atoms with Crippen LogP contribution < -0.4 is 15.8 Å². The quantitative estimate of drug-likeness (QED) is 0.517. The molecule has 0 aliphatic carbocycles. The molecule has 0 unspecified atom stereocenters. The Hall–Kier alpha value is -1.95. The van der Waals surface area contributed by atoms with Gasteiger partial charge < -0.3 is 20.9 Å². The monoisotopic (exact) mass is 368 g/mol. The van der Waals surface area contributed by atoms with Crippen LogP contribution in [0, 0.1) is 0 Å². The van der Waals surface area contributed by atoms with Gasteiger partial charge in [0.25, 0.3) is 5.91 Å². The Morgan fingerprint density at radius 3 is 2.54 bits per heavy atom.